The maximum atomic E-state index is 5.95. The Balaban J connectivity index is 1.87. The molecule has 1 fully saturated rings. The molecule has 0 amide bonds. The maximum Gasteiger partial charge on any atom is 0.130 e. The molecule has 1 aromatic heterocycles. The van der Waals surface area contributed by atoms with Crippen molar-refractivity contribution < 1.29 is 0 Å². The number of nitrogens with zero attached hydrogens (tertiary/aromatic N) is 4. The highest BCUT2D eigenvalue weighted by molar-refractivity contribution is 5.54. The summed E-state index contributed by atoms with van der Waals surface area (Å²) < 4.78 is 0. The summed E-state index contributed by atoms with van der Waals surface area (Å²) in [7, 11) is 4.24. The monoisotopic (exact) mass is 263 g/mol. The summed E-state index contributed by atoms with van der Waals surface area (Å²) in [6.45, 7) is 8.52. The molecule has 2 heterocycles. The van der Waals surface area contributed by atoms with Crippen LogP contribution < -0.4 is 10.6 Å². The van der Waals surface area contributed by atoms with Gasteiger partial charge in [0.05, 0.1) is 0 Å². The molecule has 1 aromatic rings. The summed E-state index contributed by atoms with van der Waals surface area (Å²) in [5, 5.41) is 0. The Labute approximate surface area is 116 Å². The molecule has 0 bridgehead atoms. The van der Waals surface area contributed by atoms with Gasteiger partial charge in [0.15, 0.2) is 0 Å². The van der Waals surface area contributed by atoms with Gasteiger partial charge in [0.1, 0.15) is 5.82 Å². The lowest BCUT2D eigenvalue weighted by Gasteiger charge is -2.36. The van der Waals surface area contributed by atoms with Gasteiger partial charge in [-0.15, -0.1) is 0 Å². The molecule has 106 valence electrons. The van der Waals surface area contributed by atoms with Crippen LogP contribution in [0.5, 0.6) is 0 Å². The molecule has 0 unspecified atom stereocenters. The Hall–Kier alpha value is -1.33. The summed E-state index contributed by atoms with van der Waals surface area (Å²) >= 11 is 0. The van der Waals surface area contributed by atoms with Crippen molar-refractivity contribution in [3.8, 4) is 0 Å². The van der Waals surface area contributed by atoms with E-state index in [9.17, 15) is 0 Å². The van der Waals surface area contributed by atoms with Gasteiger partial charge in [-0.05, 0) is 26.6 Å². The predicted octanol–water partition coefficient (Wildman–Crippen LogP) is 0.656. The standard InChI is InChI=1S/C14H25N5/c1-12-11-16-14(10-13(12)15)19-8-6-18(7-9-19)5-4-17(2)3/h10-11H,4-9H2,1-3H3,(H2,15,16). The summed E-state index contributed by atoms with van der Waals surface area (Å²) in [6, 6.07) is 1.99. The summed E-state index contributed by atoms with van der Waals surface area (Å²) in [5.41, 5.74) is 7.84. The van der Waals surface area contributed by atoms with E-state index in [0.717, 1.165) is 56.3 Å². The minimum absolute atomic E-state index is 0.833. The first kappa shape index (κ1) is 14.1. The van der Waals surface area contributed by atoms with Gasteiger partial charge in [-0.25, -0.2) is 4.98 Å². The third-order valence-electron chi connectivity index (χ3n) is 3.69. The molecule has 1 aliphatic rings. The smallest absolute Gasteiger partial charge is 0.130 e. The number of aromatic nitrogens is 1. The van der Waals surface area contributed by atoms with Gasteiger partial charge < -0.3 is 15.5 Å². The number of piperazine rings is 1. The number of hydrogen-bond acceptors (Lipinski definition) is 5. The predicted molar refractivity (Wildman–Crippen MR) is 80.6 cm³/mol. The SMILES string of the molecule is Cc1cnc(N2CCN(CCN(C)C)CC2)cc1N. The molecule has 1 aliphatic heterocycles. The van der Waals surface area contributed by atoms with Crippen LogP contribution in [0.3, 0.4) is 0 Å². The Morgan fingerprint density at radius 2 is 1.95 bits per heavy atom. The fourth-order valence-corrected chi connectivity index (χ4v) is 2.24. The zero-order valence-corrected chi connectivity index (χ0v) is 12.3. The van der Waals surface area contributed by atoms with Crippen molar-refractivity contribution in [2.75, 3.05) is 64.0 Å². The van der Waals surface area contributed by atoms with Gasteiger partial charge in [-0.2, -0.15) is 0 Å². The first-order valence-electron chi connectivity index (χ1n) is 6.90. The largest absolute Gasteiger partial charge is 0.398 e. The molecule has 1 saturated heterocycles. The Kier molecular flexibility index (Phi) is 4.61. The minimum atomic E-state index is 0.833. The van der Waals surface area contributed by atoms with Crippen LogP contribution >= 0.6 is 0 Å². The summed E-state index contributed by atoms with van der Waals surface area (Å²) in [5.74, 6) is 1.01. The third-order valence-corrected chi connectivity index (χ3v) is 3.69. The molecule has 0 spiro atoms. The van der Waals surface area contributed by atoms with Crippen molar-refractivity contribution in [1.29, 1.82) is 0 Å². The number of hydrogen-bond donors (Lipinski definition) is 1. The number of nitrogens with two attached hydrogens (primary N) is 1. The lowest BCUT2D eigenvalue weighted by Crippen LogP contribution is -2.48. The van der Waals surface area contributed by atoms with Gasteiger partial charge in [-0.1, -0.05) is 0 Å². The average Bonchev–Trinajstić information content (AvgIpc) is 2.40. The Bertz CT molecular complexity index is 410. The van der Waals surface area contributed by atoms with Crippen molar-refractivity contribution in [2.45, 2.75) is 6.92 Å². The molecule has 5 heteroatoms. The molecule has 0 atom stereocenters. The van der Waals surface area contributed by atoms with Crippen LogP contribution in [-0.4, -0.2) is 68.1 Å². The number of likely N-dealkylation sites (N-methyl/N-ethyl adjacent to an activating group) is 1. The fraction of sp³-hybridized carbons (Fsp3) is 0.643. The van der Waals surface area contributed by atoms with Gasteiger partial charge in [0.25, 0.3) is 0 Å². The second-order valence-corrected chi connectivity index (χ2v) is 5.53. The van der Waals surface area contributed by atoms with E-state index < -0.39 is 0 Å². The van der Waals surface area contributed by atoms with E-state index in [4.69, 9.17) is 5.73 Å². The molecule has 0 radical (unpaired) electrons. The van der Waals surface area contributed by atoms with E-state index in [1.54, 1.807) is 0 Å². The number of rotatable bonds is 4. The highest BCUT2D eigenvalue weighted by Gasteiger charge is 2.18. The van der Waals surface area contributed by atoms with Crippen LogP contribution in [0.2, 0.25) is 0 Å². The van der Waals surface area contributed by atoms with Crippen LogP contribution in [0.15, 0.2) is 12.3 Å². The van der Waals surface area contributed by atoms with Crippen molar-refractivity contribution in [3.63, 3.8) is 0 Å². The van der Waals surface area contributed by atoms with E-state index in [0.29, 0.717) is 0 Å². The van der Waals surface area contributed by atoms with Crippen LogP contribution in [0, 0.1) is 6.92 Å². The average molecular weight is 263 g/mol. The first-order valence-corrected chi connectivity index (χ1v) is 6.90. The molecule has 0 saturated carbocycles. The third kappa shape index (κ3) is 3.81. The first-order chi connectivity index (χ1) is 9.06. The van der Waals surface area contributed by atoms with Crippen LogP contribution in [0.4, 0.5) is 11.5 Å². The van der Waals surface area contributed by atoms with Crippen molar-refractivity contribution in [3.05, 3.63) is 17.8 Å². The Morgan fingerprint density at radius 3 is 2.53 bits per heavy atom. The normalized spacial score (nSPS) is 17.2. The van der Waals surface area contributed by atoms with Gasteiger partial charge in [0, 0.05) is 57.2 Å². The number of pyridine rings is 1. The molecule has 0 aromatic carbocycles. The van der Waals surface area contributed by atoms with Gasteiger partial charge in [0.2, 0.25) is 0 Å². The number of nitrogen functional groups attached to an aromatic ring is 1. The van der Waals surface area contributed by atoms with Gasteiger partial charge in [-0.3, -0.25) is 4.90 Å². The molecule has 2 N–H and O–H groups in total. The molecule has 5 nitrogen and oxygen atoms in total. The van der Waals surface area contributed by atoms with Crippen molar-refractivity contribution in [1.82, 2.24) is 14.8 Å². The minimum Gasteiger partial charge on any atom is -0.398 e. The summed E-state index contributed by atoms with van der Waals surface area (Å²) in [6.07, 6.45) is 1.86. The van der Waals surface area contributed by atoms with Crippen LogP contribution in [-0.2, 0) is 0 Å². The topological polar surface area (TPSA) is 48.6 Å². The lowest BCUT2D eigenvalue weighted by molar-refractivity contribution is 0.229. The molecular weight excluding hydrogens is 238 g/mol. The maximum absolute atomic E-state index is 5.95. The van der Waals surface area contributed by atoms with E-state index in [2.05, 4.69) is 33.8 Å². The van der Waals surface area contributed by atoms with E-state index >= 15 is 0 Å². The molecular formula is C14H25N5. The molecule has 19 heavy (non-hydrogen) atoms. The van der Waals surface area contributed by atoms with Crippen LogP contribution in [0.25, 0.3) is 0 Å². The second kappa shape index (κ2) is 6.21. The van der Waals surface area contributed by atoms with Crippen molar-refractivity contribution in [2.24, 2.45) is 0 Å². The van der Waals surface area contributed by atoms with E-state index in [1.165, 1.54) is 0 Å². The zero-order chi connectivity index (χ0) is 13.8. The molecule has 0 aliphatic carbocycles. The van der Waals surface area contributed by atoms with E-state index in [1.807, 2.05) is 19.2 Å². The molecule has 2 rings (SSSR count). The highest BCUT2D eigenvalue weighted by atomic mass is 15.3. The lowest BCUT2D eigenvalue weighted by atomic mass is 10.2. The van der Waals surface area contributed by atoms with Crippen LogP contribution in [0.1, 0.15) is 5.56 Å². The quantitative estimate of drug-likeness (QED) is 0.864. The summed E-state index contributed by atoms with van der Waals surface area (Å²) in [4.78, 5) is 11.5. The Morgan fingerprint density at radius 1 is 1.26 bits per heavy atom. The highest BCUT2D eigenvalue weighted by Crippen LogP contribution is 2.18. The second-order valence-electron chi connectivity index (χ2n) is 5.53. The van der Waals surface area contributed by atoms with Crippen molar-refractivity contribution >= 4 is 11.5 Å². The van der Waals surface area contributed by atoms with Gasteiger partial charge >= 0.3 is 0 Å². The zero-order valence-electron chi connectivity index (χ0n) is 12.3. The fourth-order valence-electron chi connectivity index (χ4n) is 2.24. The number of aryl methyl sites for hydroxylation is 1. The van der Waals surface area contributed by atoms with E-state index in [-0.39, 0.29) is 0 Å². The number of anilines is 2.